The molecule has 2 rings (SSSR count). The molecule has 0 spiro atoms. The fourth-order valence-electron chi connectivity index (χ4n) is 3.56. The second-order valence-corrected chi connectivity index (χ2v) is 8.41. The van der Waals surface area contributed by atoms with Crippen LogP contribution in [0.25, 0.3) is 0 Å². The topological polar surface area (TPSA) is 159 Å². The molecule has 0 heterocycles. The third-order valence-electron chi connectivity index (χ3n) is 5.55. The van der Waals surface area contributed by atoms with Gasteiger partial charge >= 0.3 is 11.9 Å². The van der Waals surface area contributed by atoms with E-state index in [2.05, 4.69) is 22.8 Å². The molecule has 0 radical (unpaired) electrons. The molecule has 0 aromatic heterocycles. The molecule has 0 saturated carbocycles. The summed E-state index contributed by atoms with van der Waals surface area (Å²) in [6, 6.07) is 16.4. The average molecular weight is 484 g/mol. The Hall–Kier alpha value is -3.72. The Morgan fingerprint density at radius 1 is 0.743 bits per heavy atom. The zero-order chi connectivity index (χ0) is 25.6. The van der Waals surface area contributed by atoms with Crippen molar-refractivity contribution in [1.82, 2.24) is 10.6 Å². The molecule has 0 saturated heterocycles. The molecule has 188 valence electrons. The molecule has 0 unspecified atom stereocenters. The standard InChI is InChI=1S/C26H33N3O6/c27-17-21(11-14-24(31)32)28-26(35)22(12-15-25(33)34)29-23(30)13-10-18-6-8-20(9-7-18)16-19-4-2-1-3-5-19/h1-9,21-22H,10-17,27H2,(H,28,35)(H,29,30)(H,31,32)(H,33,34)/t21-,22-/m0/s1. The lowest BCUT2D eigenvalue weighted by Crippen LogP contribution is -2.51. The van der Waals surface area contributed by atoms with Crippen LogP contribution in [0.3, 0.4) is 0 Å². The predicted octanol–water partition coefficient (Wildman–Crippen LogP) is 1.87. The van der Waals surface area contributed by atoms with Crippen LogP contribution < -0.4 is 16.4 Å². The first-order chi connectivity index (χ1) is 16.8. The van der Waals surface area contributed by atoms with E-state index in [0.717, 1.165) is 17.5 Å². The minimum atomic E-state index is -1.09. The van der Waals surface area contributed by atoms with Crippen LogP contribution in [0, 0.1) is 0 Å². The molecular formula is C26H33N3O6. The average Bonchev–Trinajstić information content (AvgIpc) is 2.84. The van der Waals surface area contributed by atoms with Gasteiger partial charge in [-0.3, -0.25) is 19.2 Å². The summed E-state index contributed by atoms with van der Waals surface area (Å²) in [4.78, 5) is 46.9. The highest BCUT2D eigenvalue weighted by Gasteiger charge is 2.24. The van der Waals surface area contributed by atoms with Gasteiger partial charge in [0.05, 0.1) is 0 Å². The Kier molecular flexibility index (Phi) is 11.4. The number of carbonyl (C=O) groups excluding carboxylic acids is 2. The van der Waals surface area contributed by atoms with Crippen LogP contribution in [0.2, 0.25) is 0 Å². The Balaban J connectivity index is 1.89. The SMILES string of the molecule is NC[C@H](CCC(=O)O)NC(=O)[C@H](CCC(=O)O)NC(=O)CCc1ccc(Cc2ccccc2)cc1. The van der Waals surface area contributed by atoms with Crippen molar-refractivity contribution in [2.45, 2.75) is 57.0 Å². The molecule has 2 aromatic rings. The van der Waals surface area contributed by atoms with Gasteiger partial charge in [0.15, 0.2) is 0 Å². The lowest BCUT2D eigenvalue weighted by Gasteiger charge is -2.22. The third kappa shape index (κ3) is 10.8. The number of carboxylic acids is 2. The summed E-state index contributed by atoms with van der Waals surface area (Å²) >= 11 is 0. The molecule has 0 aliphatic rings. The summed E-state index contributed by atoms with van der Waals surface area (Å²) < 4.78 is 0. The largest absolute Gasteiger partial charge is 0.481 e. The first kappa shape index (κ1) is 27.5. The van der Waals surface area contributed by atoms with Crippen LogP contribution in [0.4, 0.5) is 0 Å². The quantitative estimate of drug-likeness (QED) is 0.259. The van der Waals surface area contributed by atoms with Crippen molar-refractivity contribution < 1.29 is 29.4 Å². The number of aliphatic carboxylic acids is 2. The van der Waals surface area contributed by atoms with E-state index in [4.69, 9.17) is 15.9 Å². The molecule has 0 fully saturated rings. The van der Waals surface area contributed by atoms with Crippen molar-refractivity contribution in [2.75, 3.05) is 6.54 Å². The van der Waals surface area contributed by atoms with Gasteiger partial charge in [-0.05, 0) is 42.4 Å². The van der Waals surface area contributed by atoms with Crippen molar-refractivity contribution in [1.29, 1.82) is 0 Å². The lowest BCUT2D eigenvalue weighted by molar-refractivity contribution is -0.139. The van der Waals surface area contributed by atoms with E-state index in [-0.39, 0.29) is 44.6 Å². The number of carboxylic acid groups (broad SMARTS) is 2. The highest BCUT2D eigenvalue weighted by atomic mass is 16.4. The van der Waals surface area contributed by atoms with E-state index in [1.54, 1.807) is 0 Å². The van der Waals surface area contributed by atoms with Crippen molar-refractivity contribution in [2.24, 2.45) is 5.73 Å². The number of hydrogen-bond acceptors (Lipinski definition) is 5. The smallest absolute Gasteiger partial charge is 0.303 e. The molecule has 6 N–H and O–H groups in total. The Labute approximate surface area is 204 Å². The number of amides is 2. The second-order valence-electron chi connectivity index (χ2n) is 8.41. The molecular weight excluding hydrogens is 450 g/mol. The minimum Gasteiger partial charge on any atom is -0.481 e. The third-order valence-corrected chi connectivity index (χ3v) is 5.55. The second kappa shape index (κ2) is 14.5. The van der Waals surface area contributed by atoms with E-state index < -0.39 is 29.9 Å². The summed E-state index contributed by atoms with van der Waals surface area (Å²) in [5, 5.41) is 23.0. The molecule has 0 aliphatic carbocycles. The van der Waals surface area contributed by atoms with Crippen LogP contribution >= 0.6 is 0 Å². The van der Waals surface area contributed by atoms with Gasteiger partial charge in [-0.2, -0.15) is 0 Å². The van der Waals surface area contributed by atoms with Gasteiger partial charge in [-0.1, -0.05) is 54.6 Å². The maximum absolute atomic E-state index is 12.6. The van der Waals surface area contributed by atoms with Gasteiger partial charge < -0.3 is 26.6 Å². The number of rotatable bonds is 15. The first-order valence-electron chi connectivity index (χ1n) is 11.6. The minimum absolute atomic E-state index is 0.0267. The molecule has 9 heteroatoms. The first-order valence-corrected chi connectivity index (χ1v) is 11.6. The van der Waals surface area contributed by atoms with Crippen molar-refractivity contribution in [3.05, 3.63) is 71.3 Å². The van der Waals surface area contributed by atoms with Crippen molar-refractivity contribution in [3.63, 3.8) is 0 Å². The van der Waals surface area contributed by atoms with Gasteiger partial charge in [0.25, 0.3) is 0 Å². The lowest BCUT2D eigenvalue weighted by atomic mass is 10.0. The van der Waals surface area contributed by atoms with Crippen LogP contribution in [0.5, 0.6) is 0 Å². The molecule has 9 nitrogen and oxygen atoms in total. The summed E-state index contributed by atoms with van der Waals surface area (Å²) in [6.07, 6.45) is 0.998. The highest BCUT2D eigenvalue weighted by molar-refractivity contribution is 5.88. The van der Waals surface area contributed by atoms with Crippen LogP contribution in [0.15, 0.2) is 54.6 Å². The monoisotopic (exact) mass is 483 g/mol. The van der Waals surface area contributed by atoms with Crippen LogP contribution in [-0.2, 0) is 32.0 Å². The summed E-state index contributed by atoms with van der Waals surface area (Å²) in [5.74, 6) is -3.06. The van der Waals surface area contributed by atoms with E-state index in [1.807, 2.05) is 42.5 Å². The fourth-order valence-corrected chi connectivity index (χ4v) is 3.56. The fraction of sp³-hybridized carbons (Fsp3) is 0.385. The molecule has 0 bridgehead atoms. The maximum atomic E-state index is 12.6. The zero-order valence-corrected chi connectivity index (χ0v) is 19.6. The number of nitrogens with two attached hydrogens (primary N) is 1. The van der Waals surface area contributed by atoms with Crippen molar-refractivity contribution in [3.8, 4) is 0 Å². The molecule has 0 aliphatic heterocycles. The van der Waals surface area contributed by atoms with Gasteiger partial charge in [0.2, 0.25) is 11.8 Å². The van der Waals surface area contributed by atoms with Gasteiger partial charge in [-0.15, -0.1) is 0 Å². The van der Waals surface area contributed by atoms with E-state index in [0.29, 0.717) is 6.42 Å². The van der Waals surface area contributed by atoms with E-state index >= 15 is 0 Å². The van der Waals surface area contributed by atoms with Crippen LogP contribution in [0.1, 0.15) is 48.8 Å². The maximum Gasteiger partial charge on any atom is 0.303 e. The summed E-state index contributed by atoms with van der Waals surface area (Å²) in [6.45, 7) is 0.0267. The van der Waals surface area contributed by atoms with E-state index in [9.17, 15) is 19.2 Å². The number of hydrogen-bond donors (Lipinski definition) is 5. The predicted molar refractivity (Wildman–Crippen MR) is 131 cm³/mol. The normalized spacial score (nSPS) is 12.4. The Morgan fingerprint density at radius 2 is 1.31 bits per heavy atom. The molecule has 2 aromatic carbocycles. The van der Waals surface area contributed by atoms with Gasteiger partial charge in [0, 0.05) is 31.8 Å². The molecule has 2 amide bonds. The van der Waals surface area contributed by atoms with Crippen LogP contribution in [-0.4, -0.2) is 52.6 Å². The Bertz CT molecular complexity index is 978. The van der Waals surface area contributed by atoms with E-state index in [1.165, 1.54) is 5.56 Å². The summed E-state index contributed by atoms with van der Waals surface area (Å²) in [7, 11) is 0. The zero-order valence-electron chi connectivity index (χ0n) is 19.6. The highest BCUT2D eigenvalue weighted by Crippen LogP contribution is 2.12. The van der Waals surface area contributed by atoms with Gasteiger partial charge in [-0.25, -0.2) is 0 Å². The van der Waals surface area contributed by atoms with Gasteiger partial charge in [0.1, 0.15) is 6.04 Å². The molecule has 35 heavy (non-hydrogen) atoms. The number of carbonyl (C=O) groups is 4. The summed E-state index contributed by atoms with van der Waals surface area (Å²) in [5.41, 5.74) is 8.95. The Morgan fingerprint density at radius 3 is 1.91 bits per heavy atom. The number of nitrogens with one attached hydrogen (secondary N) is 2. The number of benzene rings is 2. The van der Waals surface area contributed by atoms with Crippen molar-refractivity contribution >= 4 is 23.8 Å². The molecule has 2 atom stereocenters. The number of aryl methyl sites for hydroxylation is 1.